The number of hydrogen-bond acceptors (Lipinski definition) is 6. The van der Waals surface area contributed by atoms with Crippen molar-refractivity contribution in [2.75, 3.05) is 49.1 Å². The van der Waals surface area contributed by atoms with Gasteiger partial charge < -0.3 is 25.1 Å². The molecule has 3 fully saturated rings. The van der Waals surface area contributed by atoms with Crippen LogP contribution in [0.3, 0.4) is 0 Å². The van der Waals surface area contributed by atoms with Crippen LogP contribution >= 0.6 is 11.3 Å². The molecule has 1 aliphatic carbocycles. The Morgan fingerprint density at radius 3 is 1.92 bits per heavy atom. The van der Waals surface area contributed by atoms with Crippen LogP contribution in [0.4, 0.5) is 11.4 Å². The number of carbonyl (C=O) groups excluding carboxylic acids is 2. The first kappa shape index (κ1) is 35.0. The van der Waals surface area contributed by atoms with E-state index in [9.17, 15) is 19.5 Å². The highest BCUT2D eigenvalue weighted by molar-refractivity contribution is 7.14. The molecule has 3 heterocycles. The summed E-state index contributed by atoms with van der Waals surface area (Å²) in [6.45, 7) is 12.7. The summed E-state index contributed by atoms with van der Waals surface area (Å²) < 4.78 is 0. The Hall–Kier alpha value is -3.85. The first-order valence-corrected chi connectivity index (χ1v) is 18.9. The van der Waals surface area contributed by atoms with Gasteiger partial charge in [-0.25, -0.2) is 0 Å². The fraction of sp³-hybridized carbons (Fsp3) is 0.525. The Labute approximate surface area is 295 Å². The normalized spacial score (nSPS) is 20.9. The fourth-order valence-electron chi connectivity index (χ4n) is 7.49. The third-order valence-electron chi connectivity index (χ3n) is 10.9. The zero-order valence-corrected chi connectivity index (χ0v) is 30.3. The highest BCUT2D eigenvalue weighted by atomic mass is 32.1. The second-order valence-electron chi connectivity index (χ2n) is 15.3. The highest BCUT2D eigenvalue weighted by Crippen LogP contribution is 2.37. The number of carboxylic acids is 1. The van der Waals surface area contributed by atoms with Crippen LogP contribution in [0, 0.1) is 11.8 Å². The number of piperazine rings is 1. The molecular formula is C40H52N4O4S. The van der Waals surface area contributed by atoms with Crippen molar-refractivity contribution in [2.45, 2.75) is 83.6 Å². The second kappa shape index (κ2) is 15.0. The molecule has 2 amide bonds. The molecule has 2 aliphatic heterocycles. The number of rotatable bonds is 10. The molecule has 1 saturated carbocycles. The summed E-state index contributed by atoms with van der Waals surface area (Å²) in [7, 11) is 0. The number of hydrogen-bond donors (Lipinski definition) is 2. The molecule has 0 spiro atoms. The van der Waals surface area contributed by atoms with Crippen molar-refractivity contribution in [3.8, 4) is 0 Å². The van der Waals surface area contributed by atoms with E-state index in [2.05, 4.69) is 79.2 Å². The molecule has 2 aromatic carbocycles. The SMILES string of the molecule is CC[C@H]1CC[C@H](c2ccc(N3CCN(c4ccc(C[C@H](NC(=O)c5ccc(C(C)(C)C)s5)C(=O)N5CC(C(=O)O)C5)cc4)CC3)cc2)CC1. The monoisotopic (exact) mass is 684 g/mol. The standard InChI is InChI=1S/C40H52N4O4S/c1-5-27-6-10-29(11-7-27)30-12-16-33(17-13-30)43-22-20-42(21-23-43)32-14-8-28(9-15-32)24-34(38(46)44-25-31(26-44)39(47)48)41-37(45)35-18-19-36(49-35)40(2,3)4/h8-9,12-19,27,29,31,34H,5-7,10-11,20-26H2,1-4H3,(H,41,45)(H,47,48)/t27-,29-,34-/m0/s1. The van der Waals surface area contributed by atoms with E-state index < -0.39 is 17.9 Å². The van der Waals surface area contributed by atoms with Crippen molar-refractivity contribution < 1.29 is 19.5 Å². The minimum Gasteiger partial charge on any atom is -0.481 e. The van der Waals surface area contributed by atoms with E-state index in [4.69, 9.17) is 0 Å². The smallest absolute Gasteiger partial charge is 0.310 e. The van der Waals surface area contributed by atoms with Gasteiger partial charge in [0.25, 0.3) is 5.91 Å². The number of nitrogens with zero attached hydrogens (tertiary/aromatic N) is 3. The molecule has 3 aliphatic rings. The van der Waals surface area contributed by atoms with E-state index in [1.165, 1.54) is 59.6 Å². The molecular weight excluding hydrogens is 633 g/mol. The van der Waals surface area contributed by atoms with Crippen molar-refractivity contribution in [3.63, 3.8) is 0 Å². The first-order valence-electron chi connectivity index (χ1n) is 18.1. The van der Waals surface area contributed by atoms with Crippen LogP contribution in [0.5, 0.6) is 0 Å². The lowest BCUT2D eigenvalue weighted by Gasteiger charge is -2.39. The Morgan fingerprint density at radius 1 is 0.837 bits per heavy atom. The molecule has 2 saturated heterocycles. The third kappa shape index (κ3) is 8.31. The second-order valence-corrected chi connectivity index (χ2v) is 16.4. The van der Waals surface area contributed by atoms with Gasteiger partial charge in [0, 0.05) is 61.9 Å². The molecule has 1 aromatic heterocycles. The minimum absolute atomic E-state index is 0.0746. The van der Waals surface area contributed by atoms with E-state index in [1.807, 2.05) is 24.3 Å². The van der Waals surface area contributed by atoms with Gasteiger partial charge in [0.05, 0.1) is 10.8 Å². The Bertz CT molecular complexity index is 1590. The van der Waals surface area contributed by atoms with E-state index in [1.54, 1.807) is 0 Å². The van der Waals surface area contributed by atoms with E-state index in [0.717, 1.165) is 48.2 Å². The average Bonchev–Trinajstić information content (AvgIpc) is 3.60. The van der Waals surface area contributed by atoms with Crippen LogP contribution < -0.4 is 15.1 Å². The van der Waals surface area contributed by atoms with Gasteiger partial charge in [0.2, 0.25) is 5.91 Å². The fourth-order valence-corrected chi connectivity index (χ4v) is 8.46. The summed E-state index contributed by atoms with van der Waals surface area (Å²) in [6.07, 6.45) is 7.01. The molecule has 0 bridgehead atoms. The Balaban J connectivity index is 1.05. The van der Waals surface area contributed by atoms with Crippen LogP contribution in [0.15, 0.2) is 60.7 Å². The average molecular weight is 685 g/mol. The summed E-state index contributed by atoms with van der Waals surface area (Å²) in [5.74, 6) is -0.341. The van der Waals surface area contributed by atoms with Crippen LogP contribution in [-0.2, 0) is 21.4 Å². The predicted octanol–water partition coefficient (Wildman–Crippen LogP) is 6.94. The maximum atomic E-state index is 13.5. The lowest BCUT2D eigenvalue weighted by molar-refractivity contribution is -0.153. The largest absolute Gasteiger partial charge is 0.481 e. The van der Waals surface area contributed by atoms with Gasteiger partial charge in [-0.2, -0.15) is 0 Å². The summed E-state index contributed by atoms with van der Waals surface area (Å²) in [6, 6.07) is 20.6. The van der Waals surface area contributed by atoms with Gasteiger partial charge >= 0.3 is 5.97 Å². The number of likely N-dealkylation sites (tertiary alicyclic amines) is 1. The van der Waals surface area contributed by atoms with Crippen LogP contribution in [0.25, 0.3) is 0 Å². The van der Waals surface area contributed by atoms with Gasteiger partial charge in [-0.1, -0.05) is 58.4 Å². The summed E-state index contributed by atoms with van der Waals surface area (Å²) in [5.41, 5.74) is 4.81. The number of nitrogens with one attached hydrogen (secondary N) is 1. The molecule has 9 heteroatoms. The van der Waals surface area contributed by atoms with Crippen molar-refractivity contribution in [1.29, 1.82) is 0 Å². The number of amides is 2. The molecule has 1 atom stereocenters. The maximum Gasteiger partial charge on any atom is 0.310 e. The molecule has 6 rings (SSSR count). The van der Waals surface area contributed by atoms with Crippen LogP contribution in [-0.4, -0.2) is 73.1 Å². The Kier molecular flexibility index (Phi) is 10.7. The third-order valence-corrected chi connectivity index (χ3v) is 12.4. The van der Waals surface area contributed by atoms with E-state index in [-0.39, 0.29) is 30.3 Å². The zero-order chi connectivity index (χ0) is 34.7. The van der Waals surface area contributed by atoms with E-state index in [0.29, 0.717) is 17.2 Å². The van der Waals surface area contributed by atoms with Gasteiger partial charge in [0.15, 0.2) is 0 Å². The van der Waals surface area contributed by atoms with Crippen molar-refractivity contribution in [3.05, 3.63) is 81.5 Å². The van der Waals surface area contributed by atoms with Gasteiger partial charge in [-0.05, 0) is 90.5 Å². The Morgan fingerprint density at radius 2 is 1.41 bits per heavy atom. The number of benzene rings is 2. The molecule has 8 nitrogen and oxygen atoms in total. The lowest BCUT2D eigenvalue weighted by atomic mass is 9.78. The maximum absolute atomic E-state index is 13.5. The van der Waals surface area contributed by atoms with Crippen molar-refractivity contribution in [2.24, 2.45) is 11.8 Å². The summed E-state index contributed by atoms with van der Waals surface area (Å²) in [4.78, 5) is 46.3. The van der Waals surface area contributed by atoms with Crippen LogP contribution in [0.1, 0.15) is 91.4 Å². The first-order chi connectivity index (χ1) is 23.5. The van der Waals surface area contributed by atoms with Gasteiger partial charge in [-0.3, -0.25) is 14.4 Å². The van der Waals surface area contributed by atoms with Gasteiger partial charge in [0.1, 0.15) is 6.04 Å². The number of carboxylic acid groups (broad SMARTS) is 1. The van der Waals surface area contributed by atoms with E-state index >= 15 is 0 Å². The molecule has 0 unspecified atom stereocenters. The summed E-state index contributed by atoms with van der Waals surface area (Å²) >= 11 is 1.44. The van der Waals surface area contributed by atoms with Crippen molar-refractivity contribution in [1.82, 2.24) is 10.2 Å². The van der Waals surface area contributed by atoms with Gasteiger partial charge in [-0.15, -0.1) is 11.3 Å². The topological polar surface area (TPSA) is 93.2 Å². The number of aliphatic carboxylic acids is 1. The number of thiophene rings is 1. The highest BCUT2D eigenvalue weighted by Gasteiger charge is 2.39. The molecule has 262 valence electrons. The molecule has 3 aromatic rings. The molecule has 49 heavy (non-hydrogen) atoms. The number of anilines is 2. The summed E-state index contributed by atoms with van der Waals surface area (Å²) in [5, 5.41) is 12.3. The van der Waals surface area contributed by atoms with Crippen molar-refractivity contribution >= 4 is 40.5 Å². The lowest BCUT2D eigenvalue weighted by Crippen LogP contribution is -2.59. The quantitative estimate of drug-likeness (QED) is 0.241. The van der Waals surface area contributed by atoms with Crippen LogP contribution in [0.2, 0.25) is 0 Å². The molecule has 0 radical (unpaired) electrons. The number of carbonyl (C=O) groups is 3. The zero-order valence-electron chi connectivity index (χ0n) is 29.5. The minimum atomic E-state index is -0.896. The molecule has 2 N–H and O–H groups in total. The predicted molar refractivity (Wildman–Crippen MR) is 198 cm³/mol.